The lowest BCUT2D eigenvalue weighted by atomic mass is 10.5. The first-order valence-corrected chi connectivity index (χ1v) is 3.84. The van der Waals surface area contributed by atoms with E-state index in [0.29, 0.717) is 0 Å². The van der Waals surface area contributed by atoms with Gasteiger partial charge in [0.25, 0.3) is 5.91 Å². The first kappa shape index (κ1) is 10.8. The van der Waals surface area contributed by atoms with Crippen LogP contribution in [0.15, 0.2) is 0 Å². The molecule has 0 aliphatic rings. The van der Waals surface area contributed by atoms with Crippen molar-refractivity contribution in [3.05, 3.63) is 5.82 Å². The Bertz CT molecular complexity index is 361. The van der Waals surface area contributed by atoms with Gasteiger partial charge in [0.05, 0.1) is 6.54 Å². The highest BCUT2D eigenvalue weighted by atomic mass is 16.4. The fraction of sp³-hybridized carbons (Fsp3) is 0.400. The number of hydrogen-bond donors (Lipinski definition) is 4. The van der Waals surface area contributed by atoms with Gasteiger partial charge in [-0.05, 0) is 10.4 Å². The molecule has 1 heterocycles. The molecule has 0 unspecified atom stereocenters. The fourth-order valence-corrected chi connectivity index (χ4v) is 0.809. The maximum absolute atomic E-state index is 10.9. The van der Waals surface area contributed by atoms with E-state index in [0.717, 1.165) is 4.68 Å². The Kier molecular flexibility index (Phi) is 3.51. The van der Waals surface area contributed by atoms with Gasteiger partial charge in [-0.2, -0.15) is 0 Å². The van der Waals surface area contributed by atoms with Crippen molar-refractivity contribution in [3.8, 4) is 0 Å². The van der Waals surface area contributed by atoms with E-state index < -0.39 is 12.0 Å². The lowest BCUT2D eigenvalue weighted by molar-refractivity contribution is -0.121. The summed E-state index contributed by atoms with van der Waals surface area (Å²) in [5.41, 5.74) is 1.90. The summed E-state index contributed by atoms with van der Waals surface area (Å²) >= 11 is 0. The van der Waals surface area contributed by atoms with Gasteiger partial charge in [0.15, 0.2) is 5.82 Å². The lowest BCUT2D eigenvalue weighted by Crippen LogP contribution is -2.34. The number of nitrogens with two attached hydrogens (primary N) is 1. The van der Waals surface area contributed by atoms with Crippen molar-refractivity contribution >= 4 is 12.0 Å². The number of nitrogens with zero attached hydrogens (tertiary/aromatic N) is 4. The minimum Gasteiger partial charge on any atom is -0.465 e. The van der Waals surface area contributed by atoms with E-state index in [1.807, 2.05) is 5.43 Å². The molecule has 1 aromatic rings. The molecule has 1 rings (SSSR count). The molecule has 0 saturated heterocycles. The van der Waals surface area contributed by atoms with Crippen molar-refractivity contribution < 1.29 is 14.7 Å². The Morgan fingerprint density at radius 1 is 1.53 bits per heavy atom. The molecule has 0 atom stereocenters. The Hall–Kier alpha value is -2.23. The number of carbonyl (C=O) groups is 2. The average Bonchev–Trinajstić information content (AvgIpc) is 2.62. The minimum atomic E-state index is -1.20. The third-order valence-corrected chi connectivity index (χ3v) is 1.46. The standard InChI is InChI=1S/C5H9N7O3/c6-8-4(13)2-12-3(9-10-11-12)1-7-5(14)15/h7H,1-2,6H2,(H,8,13)(H,14,15). The number of rotatable bonds is 4. The first-order valence-electron chi connectivity index (χ1n) is 3.84. The topological polar surface area (TPSA) is 148 Å². The van der Waals surface area contributed by atoms with Gasteiger partial charge < -0.3 is 10.4 Å². The summed E-state index contributed by atoms with van der Waals surface area (Å²) < 4.78 is 1.14. The first-order chi connectivity index (χ1) is 7.13. The van der Waals surface area contributed by atoms with Crippen molar-refractivity contribution in [2.75, 3.05) is 0 Å². The summed E-state index contributed by atoms with van der Waals surface area (Å²) in [5.74, 6) is 4.61. The largest absolute Gasteiger partial charge is 0.465 e. The molecule has 82 valence electrons. The molecule has 0 radical (unpaired) electrons. The van der Waals surface area contributed by atoms with Crippen LogP contribution in [0, 0.1) is 0 Å². The zero-order chi connectivity index (χ0) is 11.3. The molecule has 1 aromatic heterocycles. The zero-order valence-electron chi connectivity index (χ0n) is 7.54. The molecule has 15 heavy (non-hydrogen) atoms. The number of carbonyl (C=O) groups excluding carboxylic acids is 1. The normalized spacial score (nSPS) is 9.67. The number of nitrogens with one attached hydrogen (secondary N) is 2. The number of carboxylic acid groups (broad SMARTS) is 1. The molecule has 2 amide bonds. The van der Waals surface area contributed by atoms with Gasteiger partial charge >= 0.3 is 6.09 Å². The van der Waals surface area contributed by atoms with E-state index in [2.05, 4.69) is 20.8 Å². The predicted octanol–water partition coefficient (Wildman–Crippen LogP) is -2.57. The van der Waals surface area contributed by atoms with Gasteiger partial charge in [0, 0.05) is 0 Å². The third-order valence-electron chi connectivity index (χ3n) is 1.46. The fourth-order valence-electron chi connectivity index (χ4n) is 0.809. The van der Waals surface area contributed by atoms with Crippen LogP contribution in [0.1, 0.15) is 5.82 Å². The second-order valence-electron chi connectivity index (χ2n) is 2.48. The van der Waals surface area contributed by atoms with Gasteiger partial charge in [-0.15, -0.1) is 5.10 Å². The summed E-state index contributed by atoms with van der Waals surface area (Å²) in [7, 11) is 0. The highest BCUT2D eigenvalue weighted by molar-refractivity contribution is 5.74. The van der Waals surface area contributed by atoms with Gasteiger partial charge in [0.1, 0.15) is 6.54 Å². The SMILES string of the molecule is NNC(=O)Cn1nnnc1CNC(=O)O. The minimum absolute atomic E-state index is 0.0832. The molecule has 5 N–H and O–H groups in total. The monoisotopic (exact) mass is 215 g/mol. The van der Waals surface area contributed by atoms with Crippen molar-refractivity contribution in [1.29, 1.82) is 0 Å². The van der Waals surface area contributed by atoms with E-state index in [1.54, 1.807) is 0 Å². The van der Waals surface area contributed by atoms with Crippen LogP contribution in [0.4, 0.5) is 4.79 Å². The molecule has 0 aliphatic heterocycles. The van der Waals surface area contributed by atoms with Gasteiger partial charge in [-0.25, -0.2) is 15.3 Å². The van der Waals surface area contributed by atoms with Crippen LogP contribution in [0.2, 0.25) is 0 Å². The number of hydrogen-bond acceptors (Lipinski definition) is 6. The highest BCUT2D eigenvalue weighted by Crippen LogP contribution is 1.91. The van der Waals surface area contributed by atoms with Gasteiger partial charge in [0.2, 0.25) is 0 Å². The number of aromatic nitrogens is 4. The average molecular weight is 215 g/mol. The maximum Gasteiger partial charge on any atom is 0.405 e. The second kappa shape index (κ2) is 4.85. The van der Waals surface area contributed by atoms with Gasteiger partial charge in [-0.1, -0.05) is 0 Å². The van der Waals surface area contributed by atoms with Crippen molar-refractivity contribution in [2.24, 2.45) is 5.84 Å². The summed E-state index contributed by atoms with van der Waals surface area (Å²) in [6.45, 7) is -0.250. The van der Waals surface area contributed by atoms with Crippen molar-refractivity contribution in [3.63, 3.8) is 0 Å². The van der Waals surface area contributed by atoms with Crippen LogP contribution >= 0.6 is 0 Å². The van der Waals surface area contributed by atoms with Crippen LogP contribution in [0.3, 0.4) is 0 Å². The van der Waals surface area contributed by atoms with E-state index >= 15 is 0 Å². The molecular weight excluding hydrogens is 206 g/mol. The Balaban J connectivity index is 2.60. The van der Waals surface area contributed by atoms with Gasteiger partial charge in [-0.3, -0.25) is 10.2 Å². The van der Waals surface area contributed by atoms with Crippen LogP contribution in [0.25, 0.3) is 0 Å². The lowest BCUT2D eigenvalue weighted by Gasteiger charge is -2.02. The summed E-state index contributed by atoms with van der Waals surface area (Å²) in [6, 6.07) is 0. The summed E-state index contributed by atoms with van der Waals surface area (Å²) in [4.78, 5) is 21.1. The molecule has 0 bridgehead atoms. The van der Waals surface area contributed by atoms with E-state index in [9.17, 15) is 9.59 Å². The smallest absolute Gasteiger partial charge is 0.405 e. The number of amides is 2. The quantitative estimate of drug-likeness (QED) is 0.245. The molecule has 0 aromatic carbocycles. The molecule has 0 fully saturated rings. The maximum atomic E-state index is 10.9. The number of tetrazole rings is 1. The van der Waals surface area contributed by atoms with Crippen LogP contribution in [-0.2, 0) is 17.9 Å². The van der Waals surface area contributed by atoms with Crippen LogP contribution in [-0.4, -0.2) is 37.3 Å². The molecule has 10 heteroatoms. The van der Waals surface area contributed by atoms with Crippen molar-refractivity contribution in [2.45, 2.75) is 13.1 Å². The third kappa shape index (κ3) is 3.19. The van der Waals surface area contributed by atoms with E-state index in [4.69, 9.17) is 10.9 Å². The summed E-state index contributed by atoms with van der Waals surface area (Å²) in [5, 5.41) is 20.7. The number of hydrazine groups is 1. The van der Waals surface area contributed by atoms with E-state index in [-0.39, 0.29) is 18.9 Å². The van der Waals surface area contributed by atoms with Crippen LogP contribution < -0.4 is 16.6 Å². The summed E-state index contributed by atoms with van der Waals surface area (Å²) in [6.07, 6.45) is -1.20. The highest BCUT2D eigenvalue weighted by Gasteiger charge is 2.09. The predicted molar refractivity (Wildman–Crippen MR) is 45.0 cm³/mol. The Labute approximate surface area is 83.4 Å². The Morgan fingerprint density at radius 2 is 2.27 bits per heavy atom. The van der Waals surface area contributed by atoms with E-state index in [1.165, 1.54) is 0 Å². The zero-order valence-corrected chi connectivity index (χ0v) is 7.54. The second-order valence-corrected chi connectivity index (χ2v) is 2.48. The van der Waals surface area contributed by atoms with Crippen LogP contribution in [0.5, 0.6) is 0 Å². The molecule has 10 nitrogen and oxygen atoms in total. The Morgan fingerprint density at radius 3 is 2.87 bits per heavy atom. The van der Waals surface area contributed by atoms with Crippen molar-refractivity contribution in [1.82, 2.24) is 30.9 Å². The molecule has 0 saturated carbocycles. The molecule has 0 spiro atoms. The molecule has 0 aliphatic carbocycles. The molecular formula is C5H9N7O3.